The number of nitrogens with one attached hydrogen (secondary N) is 1. The molecular weight excluding hydrogens is 404 g/mol. The molecule has 1 fully saturated rings. The second-order valence-corrected chi connectivity index (χ2v) is 8.56. The third kappa shape index (κ3) is 4.89. The Hall–Kier alpha value is -3.03. The molecule has 1 amide bonds. The molecule has 3 aromatic rings. The van der Waals surface area contributed by atoms with E-state index < -0.39 is 0 Å². The van der Waals surface area contributed by atoms with Crippen molar-refractivity contribution in [3.8, 4) is 0 Å². The first-order chi connectivity index (χ1) is 15.5. The van der Waals surface area contributed by atoms with E-state index in [1.807, 2.05) is 44.2 Å². The van der Waals surface area contributed by atoms with Gasteiger partial charge in [-0.15, -0.1) is 0 Å². The summed E-state index contributed by atoms with van der Waals surface area (Å²) in [6.07, 6.45) is 0. The molecule has 1 atom stereocenters. The third-order valence-electron chi connectivity index (χ3n) is 5.75. The molecule has 168 valence electrons. The Bertz CT molecular complexity index is 1120. The van der Waals surface area contributed by atoms with Crippen LogP contribution in [-0.2, 0) is 11.3 Å². The lowest BCUT2D eigenvalue weighted by atomic mass is 10.0. The number of fused-ring (bicyclic) bond motifs is 1. The first-order valence-electron chi connectivity index (χ1n) is 11.2. The van der Waals surface area contributed by atoms with Crippen molar-refractivity contribution in [1.29, 1.82) is 0 Å². The summed E-state index contributed by atoms with van der Waals surface area (Å²) in [4.78, 5) is 28.5. The molecule has 4 rings (SSSR count). The van der Waals surface area contributed by atoms with E-state index in [0.29, 0.717) is 37.1 Å². The lowest BCUT2D eigenvalue weighted by Crippen LogP contribution is -2.44. The molecule has 2 aromatic carbocycles. The SMILES string of the molecule is CC(C)Cn1nc(C(=O)NCC(c2ccccc2)N2CCOCC2)c2ccccc2c1=O. The van der Waals surface area contributed by atoms with Crippen LogP contribution < -0.4 is 10.9 Å². The van der Waals surface area contributed by atoms with Crippen molar-refractivity contribution in [1.82, 2.24) is 20.0 Å². The molecule has 0 saturated carbocycles. The summed E-state index contributed by atoms with van der Waals surface area (Å²) in [5.74, 6) is -0.0334. The minimum absolute atomic E-state index is 0.0388. The number of benzene rings is 2. The van der Waals surface area contributed by atoms with Gasteiger partial charge in [0.1, 0.15) is 0 Å². The van der Waals surface area contributed by atoms with Crippen LogP contribution in [0.2, 0.25) is 0 Å². The summed E-state index contributed by atoms with van der Waals surface area (Å²) in [5.41, 5.74) is 1.27. The van der Waals surface area contributed by atoms with Gasteiger partial charge >= 0.3 is 0 Å². The van der Waals surface area contributed by atoms with Crippen LogP contribution in [0.15, 0.2) is 59.4 Å². The van der Waals surface area contributed by atoms with Crippen molar-refractivity contribution in [3.05, 3.63) is 76.2 Å². The van der Waals surface area contributed by atoms with Gasteiger partial charge in [0, 0.05) is 31.6 Å². The van der Waals surface area contributed by atoms with Crippen LogP contribution in [0.3, 0.4) is 0 Å². The van der Waals surface area contributed by atoms with Gasteiger partial charge in [0.25, 0.3) is 11.5 Å². The van der Waals surface area contributed by atoms with Crippen LogP contribution >= 0.6 is 0 Å². The van der Waals surface area contributed by atoms with E-state index in [2.05, 4.69) is 27.4 Å². The molecule has 1 aliphatic heterocycles. The standard InChI is InChI=1S/C25H30N4O3/c1-18(2)17-29-25(31)21-11-7-6-10-20(21)23(27-29)24(30)26-16-22(19-8-4-3-5-9-19)28-12-14-32-15-13-28/h3-11,18,22H,12-17H2,1-2H3,(H,26,30). The number of hydrogen-bond donors (Lipinski definition) is 1. The molecule has 1 saturated heterocycles. The van der Waals surface area contributed by atoms with Gasteiger partial charge in [-0.3, -0.25) is 14.5 Å². The van der Waals surface area contributed by atoms with Crippen molar-refractivity contribution < 1.29 is 9.53 Å². The smallest absolute Gasteiger partial charge is 0.274 e. The van der Waals surface area contributed by atoms with Crippen molar-refractivity contribution >= 4 is 16.7 Å². The summed E-state index contributed by atoms with van der Waals surface area (Å²) in [6.45, 7) is 7.96. The predicted octanol–water partition coefficient (Wildman–Crippen LogP) is 2.86. The summed E-state index contributed by atoms with van der Waals surface area (Å²) >= 11 is 0. The van der Waals surface area contributed by atoms with Crippen LogP contribution in [0.5, 0.6) is 0 Å². The number of amides is 1. The summed E-state index contributed by atoms with van der Waals surface area (Å²) in [6, 6.07) is 17.4. The Morgan fingerprint density at radius 1 is 1.03 bits per heavy atom. The molecule has 0 aliphatic carbocycles. The van der Waals surface area contributed by atoms with E-state index in [9.17, 15) is 9.59 Å². The highest BCUT2D eigenvalue weighted by Crippen LogP contribution is 2.21. The van der Waals surface area contributed by atoms with Crippen LogP contribution in [0.4, 0.5) is 0 Å². The van der Waals surface area contributed by atoms with E-state index >= 15 is 0 Å². The van der Waals surface area contributed by atoms with Crippen LogP contribution in [0.1, 0.15) is 35.9 Å². The monoisotopic (exact) mass is 434 g/mol. The highest BCUT2D eigenvalue weighted by Gasteiger charge is 2.24. The first kappa shape index (κ1) is 22.2. The molecule has 0 spiro atoms. The lowest BCUT2D eigenvalue weighted by molar-refractivity contribution is 0.0162. The highest BCUT2D eigenvalue weighted by molar-refractivity contribution is 6.04. The fourth-order valence-corrected chi connectivity index (χ4v) is 4.17. The van der Waals surface area contributed by atoms with Crippen molar-refractivity contribution in [3.63, 3.8) is 0 Å². The van der Waals surface area contributed by atoms with Gasteiger partial charge in [0.05, 0.1) is 24.6 Å². The number of hydrogen-bond acceptors (Lipinski definition) is 5. The maximum atomic E-state index is 13.3. The molecule has 0 radical (unpaired) electrons. The van der Waals surface area contributed by atoms with Crippen LogP contribution in [0, 0.1) is 5.92 Å². The number of carbonyl (C=O) groups is 1. The van der Waals surface area contributed by atoms with Gasteiger partial charge in [-0.05, 0) is 17.5 Å². The minimum atomic E-state index is -0.270. The van der Waals surface area contributed by atoms with Crippen molar-refractivity contribution in [2.45, 2.75) is 26.4 Å². The summed E-state index contributed by atoms with van der Waals surface area (Å²) in [7, 11) is 0. The van der Waals surface area contributed by atoms with E-state index in [1.54, 1.807) is 12.1 Å². The second-order valence-electron chi connectivity index (χ2n) is 8.56. The Balaban J connectivity index is 1.62. The quantitative estimate of drug-likeness (QED) is 0.619. The topological polar surface area (TPSA) is 76.5 Å². The van der Waals surface area contributed by atoms with Gasteiger partial charge in [0.2, 0.25) is 0 Å². The number of aromatic nitrogens is 2. The maximum Gasteiger partial charge on any atom is 0.274 e. The zero-order valence-electron chi connectivity index (χ0n) is 18.7. The zero-order chi connectivity index (χ0) is 22.5. The molecule has 32 heavy (non-hydrogen) atoms. The molecule has 1 aliphatic rings. The molecule has 2 heterocycles. The number of nitrogens with zero attached hydrogens (tertiary/aromatic N) is 3. The average molecular weight is 435 g/mol. The lowest BCUT2D eigenvalue weighted by Gasteiger charge is -2.34. The molecule has 1 unspecified atom stereocenters. The Kier molecular flexibility index (Phi) is 6.97. The Morgan fingerprint density at radius 2 is 1.69 bits per heavy atom. The number of morpholine rings is 1. The predicted molar refractivity (Wildman–Crippen MR) is 125 cm³/mol. The van der Waals surface area contributed by atoms with E-state index in [-0.39, 0.29) is 29.1 Å². The normalized spacial score (nSPS) is 15.7. The zero-order valence-corrected chi connectivity index (χ0v) is 18.7. The molecule has 1 N–H and O–H groups in total. The molecule has 1 aromatic heterocycles. The fourth-order valence-electron chi connectivity index (χ4n) is 4.17. The van der Waals surface area contributed by atoms with Crippen LogP contribution in [0.25, 0.3) is 10.8 Å². The average Bonchev–Trinajstić information content (AvgIpc) is 2.82. The van der Waals surface area contributed by atoms with Crippen LogP contribution in [-0.4, -0.2) is 53.4 Å². The molecular formula is C25H30N4O3. The largest absolute Gasteiger partial charge is 0.379 e. The van der Waals surface area contributed by atoms with Gasteiger partial charge in [-0.2, -0.15) is 5.10 Å². The van der Waals surface area contributed by atoms with Gasteiger partial charge in [-0.25, -0.2) is 4.68 Å². The molecule has 7 nitrogen and oxygen atoms in total. The van der Waals surface area contributed by atoms with E-state index in [4.69, 9.17) is 4.74 Å². The highest BCUT2D eigenvalue weighted by atomic mass is 16.5. The number of ether oxygens (including phenoxy) is 1. The number of carbonyl (C=O) groups excluding carboxylic acids is 1. The van der Waals surface area contributed by atoms with E-state index in [1.165, 1.54) is 4.68 Å². The molecule has 0 bridgehead atoms. The summed E-state index contributed by atoms with van der Waals surface area (Å²) < 4.78 is 6.93. The Morgan fingerprint density at radius 3 is 2.38 bits per heavy atom. The molecule has 7 heteroatoms. The van der Waals surface area contributed by atoms with Gasteiger partial charge < -0.3 is 10.1 Å². The van der Waals surface area contributed by atoms with E-state index in [0.717, 1.165) is 18.7 Å². The van der Waals surface area contributed by atoms with Crippen molar-refractivity contribution in [2.24, 2.45) is 5.92 Å². The van der Waals surface area contributed by atoms with Gasteiger partial charge in [-0.1, -0.05) is 62.4 Å². The minimum Gasteiger partial charge on any atom is -0.379 e. The first-order valence-corrected chi connectivity index (χ1v) is 11.2. The fraction of sp³-hybridized carbons (Fsp3) is 0.400. The summed E-state index contributed by atoms with van der Waals surface area (Å²) in [5, 5.41) is 8.65. The Labute approximate surface area is 188 Å². The maximum absolute atomic E-state index is 13.3. The second kappa shape index (κ2) is 10.1. The van der Waals surface area contributed by atoms with Gasteiger partial charge in [0.15, 0.2) is 5.69 Å². The number of rotatable bonds is 7. The third-order valence-corrected chi connectivity index (χ3v) is 5.75. The van der Waals surface area contributed by atoms with Crippen molar-refractivity contribution in [2.75, 3.05) is 32.8 Å².